The Morgan fingerprint density at radius 3 is 2.71 bits per heavy atom. The molecule has 0 spiro atoms. The Kier molecular flexibility index (Phi) is 3.57. The fourth-order valence-electron chi connectivity index (χ4n) is 2.35. The zero-order valence-corrected chi connectivity index (χ0v) is 12.5. The molecule has 3 rings (SSSR count). The highest BCUT2D eigenvalue weighted by Gasteiger charge is 2.12. The standard InChI is InChI=1S/C14H19N7/c1-15-5-4-11-9-21-12(10-6-18-20(3)8-10)7-17-14(21)13(16-2)19-11/h6-9,15H,4-5H2,1-3H3,(H,16,19). The molecule has 110 valence electrons. The van der Waals surface area contributed by atoms with Crippen LogP contribution >= 0.6 is 0 Å². The van der Waals surface area contributed by atoms with Crippen LogP contribution in [-0.4, -0.2) is 44.8 Å². The van der Waals surface area contributed by atoms with Crippen molar-refractivity contribution in [3.05, 3.63) is 30.5 Å². The zero-order chi connectivity index (χ0) is 14.8. The molecule has 0 aliphatic carbocycles. The van der Waals surface area contributed by atoms with Gasteiger partial charge in [-0.05, 0) is 7.05 Å². The first-order valence-corrected chi connectivity index (χ1v) is 6.91. The predicted octanol–water partition coefficient (Wildman–Crippen LogP) is 0.933. The molecule has 7 heteroatoms. The van der Waals surface area contributed by atoms with E-state index >= 15 is 0 Å². The summed E-state index contributed by atoms with van der Waals surface area (Å²) in [6.45, 7) is 0.887. The van der Waals surface area contributed by atoms with Gasteiger partial charge in [-0.25, -0.2) is 9.97 Å². The van der Waals surface area contributed by atoms with Crippen LogP contribution in [0.15, 0.2) is 24.8 Å². The van der Waals surface area contributed by atoms with Gasteiger partial charge >= 0.3 is 0 Å². The van der Waals surface area contributed by atoms with Crippen molar-refractivity contribution in [2.45, 2.75) is 6.42 Å². The SMILES string of the molecule is CNCCc1cn2c(-c3cnn(C)c3)cnc2c(NC)n1. The third-order valence-corrected chi connectivity index (χ3v) is 3.41. The van der Waals surface area contributed by atoms with Crippen LogP contribution in [0.2, 0.25) is 0 Å². The number of anilines is 1. The number of rotatable bonds is 5. The normalized spacial score (nSPS) is 11.2. The average Bonchev–Trinajstić information content (AvgIpc) is 3.10. The number of aryl methyl sites for hydroxylation is 1. The first kappa shape index (κ1) is 13.6. The molecule has 0 saturated carbocycles. The molecule has 3 heterocycles. The molecule has 3 aromatic rings. The van der Waals surface area contributed by atoms with Crippen LogP contribution in [0.25, 0.3) is 16.9 Å². The molecule has 0 amide bonds. The molecule has 0 fully saturated rings. The number of likely N-dealkylation sites (N-methyl/N-ethyl adjacent to an activating group) is 1. The molecular weight excluding hydrogens is 266 g/mol. The van der Waals surface area contributed by atoms with E-state index in [4.69, 9.17) is 0 Å². The summed E-state index contributed by atoms with van der Waals surface area (Å²) in [6, 6.07) is 0. The Morgan fingerprint density at radius 1 is 1.19 bits per heavy atom. The third-order valence-electron chi connectivity index (χ3n) is 3.41. The number of nitrogens with one attached hydrogen (secondary N) is 2. The number of fused-ring (bicyclic) bond motifs is 1. The summed E-state index contributed by atoms with van der Waals surface area (Å²) < 4.78 is 3.86. The fourth-order valence-corrected chi connectivity index (χ4v) is 2.35. The minimum absolute atomic E-state index is 0.791. The van der Waals surface area contributed by atoms with Gasteiger partial charge in [-0.15, -0.1) is 0 Å². The average molecular weight is 285 g/mol. The lowest BCUT2D eigenvalue weighted by molar-refractivity contribution is 0.768. The van der Waals surface area contributed by atoms with E-state index in [9.17, 15) is 0 Å². The van der Waals surface area contributed by atoms with Gasteiger partial charge in [0.2, 0.25) is 0 Å². The summed E-state index contributed by atoms with van der Waals surface area (Å²) in [5, 5.41) is 10.5. The lowest BCUT2D eigenvalue weighted by Gasteiger charge is -2.08. The maximum Gasteiger partial charge on any atom is 0.180 e. The van der Waals surface area contributed by atoms with Crippen LogP contribution in [0.5, 0.6) is 0 Å². The molecular formula is C14H19N7. The van der Waals surface area contributed by atoms with E-state index in [0.717, 1.165) is 41.4 Å². The molecule has 21 heavy (non-hydrogen) atoms. The van der Waals surface area contributed by atoms with E-state index in [1.165, 1.54) is 0 Å². The second-order valence-corrected chi connectivity index (χ2v) is 4.92. The van der Waals surface area contributed by atoms with Crippen LogP contribution in [0.4, 0.5) is 5.82 Å². The minimum Gasteiger partial charge on any atom is -0.370 e. The van der Waals surface area contributed by atoms with Crippen molar-refractivity contribution in [3.63, 3.8) is 0 Å². The van der Waals surface area contributed by atoms with Crippen molar-refractivity contribution in [3.8, 4) is 11.3 Å². The molecule has 7 nitrogen and oxygen atoms in total. The van der Waals surface area contributed by atoms with Crippen molar-refractivity contribution in [1.29, 1.82) is 0 Å². The van der Waals surface area contributed by atoms with E-state index in [1.54, 1.807) is 4.68 Å². The van der Waals surface area contributed by atoms with Crippen LogP contribution in [-0.2, 0) is 13.5 Å². The summed E-state index contributed by atoms with van der Waals surface area (Å²) in [6.07, 6.45) is 8.59. The molecule has 0 aromatic carbocycles. The lowest BCUT2D eigenvalue weighted by atomic mass is 10.2. The maximum absolute atomic E-state index is 4.61. The van der Waals surface area contributed by atoms with E-state index in [-0.39, 0.29) is 0 Å². The highest BCUT2D eigenvalue weighted by atomic mass is 15.2. The van der Waals surface area contributed by atoms with Gasteiger partial charge in [0.25, 0.3) is 0 Å². The first-order valence-electron chi connectivity index (χ1n) is 6.91. The topological polar surface area (TPSA) is 72.1 Å². The Labute approximate surface area is 123 Å². The zero-order valence-electron chi connectivity index (χ0n) is 12.5. The van der Waals surface area contributed by atoms with E-state index < -0.39 is 0 Å². The Bertz CT molecular complexity index is 756. The van der Waals surface area contributed by atoms with Gasteiger partial charge in [0.15, 0.2) is 11.5 Å². The molecule has 0 unspecified atom stereocenters. The summed E-state index contributed by atoms with van der Waals surface area (Å²) >= 11 is 0. The summed E-state index contributed by atoms with van der Waals surface area (Å²) in [5.41, 5.74) is 3.90. The van der Waals surface area contributed by atoms with Crippen LogP contribution in [0, 0.1) is 0 Å². The van der Waals surface area contributed by atoms with Crippen molar-refractivity contribution >= 4 is 11.5 Å². The monoisotopic (exact) mass is 285 g/mol. The number of nitrogens with zero attached hydrogens (tertiary/aromatic N) is 5. The van der Waals surface area contributed by atoms with Gasteiger partial charge in [0.1, 0.15) is 0 Å². The van der Waals surface area contributed by atoms with Crippen molar-refractivity contribution in [1.82, 2.24) is 29.5 Å². The number of imidazole rings is 1. The lowest BCUT2D eigenvalue weighted by Crippen LogP contribution is -2.12. The summed E-state index contributed by atoms with van der Waals surface area (Å²) in [7, 11) is 5.71. The van der Waals surface area contributed by atoms with Gasteiger partial charge in [-0.3, -0.25) is 9.08 Å². The van der Waals surface area contributed by atoms with Crippen LogP contribution in [0.1, 0.15) is 5.69 Å². The molecule has 0 atom stereocenters. The summed E-state index contributed by atoms with van der Waals surface area (Å²) in [5.74, 6) is 0.791. The molecule has 0 radical (unpaired) electrons. The predicted molar refractivity (Wildman–Crippen MR) is 82.4 cm³/mol. The van der Waals surface area contributed by atoms with Crippen LogP contribution in [0.3, 0.4) is 0 Å². The van der Waals surface area contributed by atoms with E-state index in [0.29, 0.717) is 0 Å². The number of hydrogen-bond acceptors (Lipinski definition) is 5. The molecule has 0 bridgehead atoms. The smallest absolute Gasteiger partial charge is 0.180 e. The quantitative estimate of drug-likeness (QED) is 0.730. The highest BCUT2D eigenvalue weighted by molar-refractivity contribution is 5.70. The second kappa shape index (κ2) is 5.53. The van der Waals surface area contributed by atoms with Gasteiger partial charge in [-0.2, -0.15) is 5.10 Å². The molecule has 3 aromatic heterocycles. The van der Waals surface area contributed by atoms with Gasteiger partial charge in [-0.1, -0.05) is 0 Å². The maximum atomic E-state index is 4.61. The molecule has 0 aliphatic heterocycles. The largest absolute Gasteiger partial charge is 0.370 e. The van der Waals surface area contributed by atoms with Gasteiger partial charge < -0.3 is 10.6 Å². The number of hydrogen-bond donors (Lipinski definition) is 2. The van der Waals surface area contributed by atoms with Crippen molar-refractivity contribution < 1.29 is 0 Å². The third kappa shape index (κ3) is 2.47. The van der Waals surface area contributed by atoms with Crippen molar-refractivity contribution in [2.75, 3.05) is 26.0 Å². The molecule has 0 aliphatic rings. The minimum atomic E-state index is 0.791. The van der Waals surface area contributed by atoms with E-state index in [1.807, 2.05) is 45.9 Å². The number of aromatic nitrogens is 5. The molecule has 0 saturated heterocycles. The van der Waals surface area contributed by atoms with Gasteiger partial charge in [0, 0.05) is 45.0 Å². The first-order chi connectivity index (χ1) is 10.2. The Balaban J connectivity index is 2.14. The van der Waals surface area contributed by atoms with Crippen LogP contribution < -0.4 is 10.6 Å². The van der Waals surface area contributed by atoms with Crippen molar-refractivity contribution in [2.24, 2.45) is 7.05 Å². The highest BCUT2D eigenvalue weighted by Crippen LogP contribution is 2.23. The fraction of sp³-hybridized carbons (Fsp3) is 0.357. The van der Waals surface area contributed by atoms with E-state index in [2.05, 4.69) is 30.1 Å². The van der Waals surface area contributed by atoms with Gasteiger partial charge in [0.05, 0.1) is 23.8 Å². The molecule has 2 N–H and O–H groups in total. The Morgan fingerprint density at radius 2 is 2.05 bits per heavy atom. The second-order valence-electron chi connectivity index (χ2n) is 4.92. The Hall–Kier alpha value is -2.41. The summed E-state index contributed by atoms with van der Waals surface area (Å²) in [4.78, 5) is 9.10.